The van der Waals surface area contributed by atoms with Gasteiger partial charge in [0.2, 0.25) is 11.8 Å². The number of likely N-dealkylation sites (tertiary alicyclic amines) is 1. The molecule has 1 saturated carbocycles. The van der Waals surface area contributed by atoms with E-state index in [9.17, 15) is 14.4 Å². The highest BCUT2D eigenvalue weighted by molar-refractivity contribution is 6.13. The first-order valence-electron chi connectivity index (χ1n) is 12.7. The van der Waals surface area contributed by atoms with Crippen LogP contribution in [0.5, 0.6) is 11.5 Å². The summed E-state index contributed by atoms with van der Waals surface area (Å²) in [7, 11) is 3.06. The van der Waals surface area contributed by atoms with Gasteiger partial charge < -0.3 is 14.4 Å². The van der Waals surface area contributed by atoms with Crippen molar-refractivity contribution in [2.45, 2.75) is 50.2 Å². The summed E-state index contributed by atoms with van der Waals surface area (Å²) in [5.74, 6) is -0.980. The Morgan fingerprint density at radius 1 is 0.917 bits per heavy atom. The fourth-order valence-electron chi connectivity index (χ4n) is 6.75. The fourth-order valence-corrected chi connectivity index (χ4v) is 6.75. The summed E-state index contributed by atoms with van der Waals surface area (Å²) in [6.07, 6.45) is 8.68. The lowest BCUT2D eigenvalue weighted by Crippen LogP contribution is -2.47. The molecule has 2 aromatic rings. The van der Waals surface area contributed by atoms with E-state index in [1.54, 1.807) is 25.3 Å². The average molecular weight is 487 g/mol. The number of Topliss-reactive ketones (excluding diaryl/α,β-unsaturated/α-hetero) is 1. The molecule has 7 nitrogen and oxygen atoms in total. The summed E-state index contributed by atoms with van der Waals surface area (Å²) < 4.78 is 10.9. The van der Waals surface area contributed by atoms with Crippen molar-refractivity contribution in [1.82, 2.24) is 9.80 Å². The van der Waals surface area contributed by atoms with Gasteiger partial charge in [-0.25, -0.2) is 0 Å². The molecule has 0 unspecified atom stereocenters. The van der Waals surface area contributed by atoms with Gasteiger partial charge in [0.1, 0.15) is 17.5 Å². The number of carbonyl (C=O) groups excluding carboxylic acids is 3. The standard InChI is InChI=1S/C29H30N2O5/c1-35-19-12-13-22(36-2)21(16-19)27(32)26-24-23(25-20-11-7-6-8-17(20)14-15-30(25)26)28(33)31(29(24)34)18-9-4-3-5-10-18/h6-8,11-16,18,23-26H,3-5,9-10H2,1-2H3/t23-,24-,25+,26+/m1/s1. The summed E-state index contributed by atoms with van der Waals surface area (Å²) in [5, 5.41) is 0. The third-order valence-electron chi connectivity index (χ3n) is 8.38. The summed E-state index contributed by atoms with van der Waals surface area (Å²) in [5.41, 5.74) is 2.35. The van der Waals surface area contributed by atoms with Crippen LogP contribution in [0.3, 0.4) is 0 Å². The van der Waals surface area contributed by atoms with Crippen molar-refractivity contribution in [2.24, 2.45) is 11.8 Å². The maximum absolute atomic E-state index is 14.2. The number of amides is 2. The number of nitrogens with zero attached hydrogens (tertiary/aromatic N) is 2. The zero-order valence-corrected chi connectivity index (χ0v) is 20.6. The van der Waals surface area contributed by atoms with Crippen molar-refractivity contribution >= 4 is 23.7 Å². The van der Waals surface area contributed by atoms with Crippen molar-refractivity contribution in [1.29, 1.82) is 0 Å². The minimum absolute atomic E-state index is 0.0747. The minimum Gasteiger partial charge on any atom is -0.497 e. The van der Waals surface area contributed by atoms with Crippen molar-refractivity contribution in [2.75, 3.05) is 14.2 Å². The molecule has 0 aromatic heterocycles. The first-order valence-corrected chi connectivity index (χ1v) is 12.7. The molecule has 36 heavy (non-hydrogen) atoms. The molecule has 4 atom stereocenters. The predicted molar refractivity (Wildman–Crippen MR) is 133 cm³/mol. The maximum Gasteiger partial charge on any atom is 0.236 e. The third kappa shape index (κ3) is 3.29. The molecular formula is C29H30N2O5. The van der Waals surface area contributed by atoms with E-state index in [2.05, 4.69) is 0 Å². The van der Waals surface area contributed by atoms with Crippen molar-refractivity contribution in [3.63, 3.8) is 0 Å². The fraction of sp³-hybridized carbons (Fsp3) is 0.414. The molecule has 3 aliphatic heterocycles. The van der Waals surface area contributed by atoms with E-state index in [1.165, 1.54) is 12.0 Å². The molecule has 2 saturated heterocycles. The first-order chi connectivity index (χ1) is 17.5. The van der Waals surface area contributed by atoms with Crippen molar-refractivity contribution in [3.05, 3.63) is 65.4 Å². The Hall–Kier alpha value is -3.61. The first kappa shape index (κ1) is 22.8. The van der Waals surface area contributed by atoms with Crippen LogP contribution in [0.4, 0.5) is 0 Å². The second kappa shape index (κ2) is 8.80. The van der Waals surface area contributed by atoms with Crippen LogP contribution < -0.4 is 9.47 Å². The summed E-state index contributed by atoms with van der Waals surface area (Å²) in [4.78, 5) is 45.7. The molecule has 0 N–H and O–H groups in total. The molecule has 6 rings (SSSR count). The van der Waals surface area contributed by atoms with Gasteiger partial charge in [-0.2, -0.15) is 0 Å². The maximum atomic E-state index is 14.2. The summed E-state index contributed by atoms with van der Waals surface area (Å²) in [6.45, 7) is 0. The van der Waals surface area contributed by atoms with Gasteiger partial charge in [0.15, 0.2) is 5.78 Å². The zero-order chi connectivity index (χ0) is 25.0. The number of methoxy groups -OCH3 is 2. The van der Waals surface area contributed by atoms with Crippen LogP contribution in [0.15, 0.2) is 48.7 Å². The van der Waals surface area contributed by atoms with Gasteiger partial charge in [-0.05, 0) is 48.2 Å². The number of imide groups is 1. The number of benzene rings is 2. The largest absolute Gasteiger partial charge is 0.497 e. The van der Waals surface area contributed by atoms with Gasteiger partial charge in [0.05, 0.1) is 37.7 Å². The van der Waals surface area contributed by atoms with Crippen LogP contribution in [-0.2, 0) is 9.59 Å². The van der Waals surface area contributed by atoms with Crippen LogP contribution in [0, 0.1) is 11.8 Å². The SMILES string of the molecule is COc1ccc(OC)c(C(=O)[C@@H]2[C@@H]3C(=O)N(C4CCCCC4)C(=O)[C@H]3[C@@H]3c4ccccc4C=CN23)c1. The minimum atomic E-state index is -0.810. The molecule has 2 amide bonds. The van der Waals surface area contributed by atoms with E-state index in [-0.39, 0.29) is 29.7 Å². The molecule has 186 valence electrons. The summed E-state index contributed by atoms with van der Waals surface area (Å²) >= 11 is 0. The molecule has 4 aliphatic rings. The van der Waals surface area contributed by atoms with E-state index in [0.717, 1.165) is 43.2 Å². The lowest BCUT2D eigenvalue weighted by molar-refractivity contribution is -0.144. The smallest absolute Gasteiger partial charge is 0.236 e. The number of rotatable bonds is 5. The third-order valence-corrected chi connectivity index (χ3v) is 8.38. The topological polar surface area (TPSA) is 76.1 Å². The molecule has 0 spiro atoms. The Morgan fingerprint density at radius 2 is 1.67 bits per heavy atom. The summed E-state index contributed by atoms with van der Waals surface area (Å²) in [6, 6.07) is 11.8. The molecular weight excluding hydrogens is 456 g/mol. The molecule has 3 heterocycles. The van der Waals surface area contributed by atoms with Gasteiger partial charge in [-0.15, -0.1) is 0 Å². The molecule has 0 radical (unpaired) electrons. The number of ketones is 1. The molecule has 1 aliphatic carbocycles. The van der Waals surface area contributed by atoms with E-state index in [1.807, 2.05) is 41.4 Å². The quantitative estimate of drug-likeness (QED) is 0.465. The van der Waals surface area contributed by atoms with Crippen molar-refractivity contribution < 1.29 is 23.9 Å². The normalized spacial score (nSPS) is 27.1. The van der Waals surface area contributed by atoms with Crippen LogP contribution >= 0.6 is 0 Å². The highest BCUT2D eigenvalue weighted by atomic mass is 16.5. The monoisotopic (exact) mass is 486 g/mol. The Balaban J connectivity index is 1.48. The van der Waals surface area contributed by atoms with Crippen LogP contribution in [0.2, 0.25) is 0 Å². The van der Waals surface area contributed by atoms with Crippen LogP contribution in [0.1, 0.15) is 59.6 Å². The van der Waals surface area contributed by atoms with Gasteiger partial charge in [0, 0.05) is 12.2 Å². The van der Waals surface area contributed by atoms with Gasteiger partial charge in [-0.3, -0.25) is 19.3 Å². The van der Waals surface area contributed by atoms with E-state index in [4.69, 9.17) is 9.47 Å². The van der Waals surface area contributed by atoms with Gasteiger partial charge in [0.25, 0.3) is 0 Å². The van der Waals surface area contributed by atoms with Crippen LogP contribution in [0.25, 0.3) is 6.08 Å². The van der Waals surface area contributed by atoms with E-state index < -0.39 is 17.9 Å². The van der Waals surface area contributed by atoms with Crippen LogP contribution in [-0.4, -0.2) is 53.7 Å². The van der Waals surface area contributed by atoms with Gasteiger partial charge >= 0.3 is 0 Å². The number of hydrogen-bond donors (Lipinski definition) is 0. The average Bonchev–Trinajstić information content (AvgIpc) is 3.40. The predicted octanol–water partition coefficient (Wildman–Crippen LogP) is 4.23. The number of hydrogen-bond acceptors (Lipinski definition) is 6. The number of fused-ring (bicyclic) bond motifs is 5. The molecule has 7 heteroatoms. The second-order valence-electron chi connectivity index (χ2n) is 10.1. The number of ether oxygens (including phenoxy) is 2. The molecule has 2 aromatic carbocycles. The lowest BCUT2D eigenvalue weighted by atomic mass is 9.83. The second-order valence-corrected chi connectivity index (χ2v) is 10.1. The van der Waals surface area contributed by atoms with E-state index in [0.29, 0.717) is 17.1 Å². The Kier molecular flexibility index (Phi) is 5.58. The number of carbonyl (C=O) groups is 3. The van der Waals surface area contributed by atoms with Crippen molar-refractivity contribution in [3.8, 4) is 11.5 Å². The molecule has 0 bridgehead atoms. The zero-order valence-electron chi connectivity index (χ0n) is 20.6. The van der Waals surface area contributed by atoms with E-state index >= 15 is 0 Å². The highest BCUT2D eigenvalue weighted by Crippen LogP contribution is 2.54. The van der Waals surface area contributed by atoms with Gasteiger partial charge in [-0.1, -0.05) is 43.5 Å². The lowest BCUT2D eigenvalue weighted by Gasteiger charge is -2.37. The Morgan fingerprint density at radius 3 is 2.42 bits per heavy atom. The Labute approximate surface area is 210 Å². The Bertz CT molecular complexity index is 1260. The highest BCUT2D eigenvalue weighted by Gasteiger charge is 2.65. The molecule has 3 fully saturated rings.